The van der Waals surface area contributed by atoms with Gasteiger partial charge in [-0.25, -0.2) is 0 Å². The summed E-state index contributed by atoms with van der Waals surface area (Å²) in [6, 6.07) is 18.2. The highest BCUT2D eigenvalue weighted by Crippen LogP contribution is 2.31. The highest BCUT2D eigenvalue weighted by Gasteiger charge is 2.32. The number of rotatable bonds is 8. The number of ether oxygens (including phenoxy) is 1. The number of hydrogen-bond acceptors (Lipinski definition) is 3. The number of carbonyl (C=O) groups is 1. The van der Waals surface area contributed by atoms with E-state index in [0.29, 0.717) is 6.61 Å². The lowest BCUT2D eigenvalue weighted by Gasteiger charge is -2.16. The van der Waals surface area contributed by atoms with E-state index in [0.717, 1.165) is 43.7 Å². The molecule has 0 bridgehead atoms. The van der Waals surface area contributed by atoms with Gasteiger partial charge in [0.25, 0.3) is 0 Å². The summed E-state index contributed by atoms with van der Waals surface area (Å²) in [5, 5.41) is 12.6. The van der Waals surface area contributed by atoms with Crippen molar-refractivity contribution in [3.63, 3.8) is 0 Å². The standard InChI is InChI=1S/C21H25NO3/c23-21(24)20-8-4-7-18(20)14-22-13-16-9-11-19(12-10-16)25-15-17-5-2-1-3-6-17/h1-3,5-6,9-12,18,20,22H,4,7-8,13-15H2,(H,23,24). The Labute approximate surface area is 148 Å². The van der Waals surface area contributed by atoms with E-state index in [4.69, 9.17) is 4.74 Å². The Morgan fingerprint density at radius 2 is 1.80 bits per heavy atom. The summed E-state index contributed by atoms with van der Waals surface area (Å²) < 4.78 is 5.79. The Hall–Kier alpha value is -2.33. The Morgan fingerprint density at radius 3 is 2.52 bits per heavy atom. The maximum atomic E-state index is 11.2. The molecule has 1 fully saturated rings. The number of aliphatic carboxylic acids is 1. The molecule has 1 aliphatic rings. The summed E-state index contributed by atoms with van der Waals surface area (Å²) in [6.07, 6.45) is 2.85. The average Bonchev–Trinajstić information content (AvgIpc) is 3.11. The predicted octanol–water partition coefficient (Wildman–Crippen LogP) is 3.86. The molecular formula is C21H25NO3. The van der Waals surface area contributed by atoms with Crippen molar-refractivity contribution < 1.29 is 14.6 Å². The van der Waals surface area contributed by atoms with Crippen molar-refractivity contribution in [2.75, 3.05) is 6.54 Å². The van der Waals surface area contributed by atoms with Crippen LogP contribution in [0.15, 0.2) is 54.6 Å². The van der Waals surface area contributed by atoms with Gasteiger partial charge in [0.05, 0.1) is 5.92 Å². The minimum atomic E-state index is -0.649. The monoisotopic (exact) mass is 339 g/mol. The Morgan fingerprint density at radius 1 is 1.04 bits per heavy atom. The molecule has 0 saturated heterocycles. The summed E-state index contributed by atoms with van der Waals surface area (Å²) in [5.74, 6) is 0.283. The second-order valence-electron chi connectivity index (χ2n) is 6.68. The molecule has 4 heteroatoms. The molecule has 0 aliphatic heterocycles. The lowest BCUT2D eigenvalue weighted by molar-refractivity contribution is -0.142. The lowest BCUT2D eigenvalue weighted by Crippen LogP contribution is -2.28. The second-order valence-corrected chi connectivity index (χ2v) is 6.68. The van der Waals surface area contributed by atoms with Gasteiger partial charge in [-0.3, -0.25) is 4.79 Å². The first-order chi connectivity index (χ1) is 12.2. The maximum Gasteiger partial charge on any atom is 0.306 e. The third-order valence-electron chi connectivity index (χ3n) is 4.88. The third kappa shape index (κ3) is 5.07. The Kier molecular flexibility index (Phi) is 6.07. The van der Waals surface area contributed by atoms with Gasteiger partial charge in [0.1, 0.15) is 12.4 Å². The minimum absolute atomic E-state index is 0.179. The smallest absolute Gasteiger partial charge is 0.306 e. The number of carboxylic acids is 1. The molecule has 2 N–H and O–H groups in total. The molecule has 0 aromatic heterocycles. The van der Waals surface area contributed by atoms with Crippen molar-refractivity contribution in [1.29, 1.82) is 0 Å². The topological polar surface area (TPSA) is 58.6 Å². The minimum Gasteiger partial charge on any atom is -0.489 e. The summed E-state index contributed by atoms with van der Waals surface area (Å²) in [6.45, 7) is 2.09. The first kappa shape index (κ1) is 17.5. The molecule has 2 aromatic carbocycles. The van der Waals surface area contributed by atoms with Gasteiger partial charge in [-0.05, 0) is 48.6 Å². The normalized spacial score (nSPS) is 19.7. The highest BCUT2D eigenvalue weighted by atomic mass is 16.5. The van der Waals surface area contributed by atoms with Crippen LogP contribution in [0.25, 0.3) is 0 Å². The van der Waals surface area contributed by atoms with Gasteiger partial charge < -0.3 is 15.2 Å². The molecule has 25 heavy (non-hydrogen) atoms. The van der Waals surface area contributed by atoms with Gasteiger partial charge in [0.15, 0.2) is 0 Å². The van der Waals surface area contributed by atoms with Crippen LogP contribution >= 0.6 is 0 Å². The number of nitrogens with one attached hydrogen (secondary N) is 1. The van der Waals surface area contributed by atoms with Gasteiger partial charge in [0.2, 0.25) is 0 Å². The molecule has 0 spiro atoms. The zero-order chi connectivity index (χ0) is 17.5. The second kappa shape index (κ2) is 8.67. The van der Waals surface area contributed by atoms with Crippen LogP contribution in [0.3, 0.4) is 0 Å². The van der Waals surface area contributed by atoms with Crippen LogP contribution in [-0.4, -0.2) is 17.6 Å². The van der Waals surface area contributed by atoms with Crippen LogP contribution in [-0.2, 0) is 17.9 Å². The zero-order valence-electron chi connectivity index (χ0n) is 14.4. The molecule has 1 aliphatic carbocycles. The van der Waals surface area contributed by atoms with E-state index in [2.05, 4.69) is 17.4 Å². The van der Waals surface area contributed by atoms with Crippen molar-refractivity contribution in [2.24, 2.45) is 11.8 Å². The van der Waals surface area contributed by atoms with E-state index in [1.165, 1.54) is 5.56 Å². The van der Waals surface area contributed by atoms with E-state index >= 15 is 0 Å². The van der Waals surface area contributed by atoms with Gasteiger partial charge in [-0.15, -0.1) is 0 Å². The number of hydrogen-bond donors (Lipinski definition) is 2. The van der Waals surface area contributed by atoms with E-state index in [9.17, 15) is 9.90 Å². The summed E-state index contributed by atoms with van der Waals surface area (Å²) in [5.41, 5.74) is 2.33. The number of benzene rings is 2. The van der Waals surface area contributed by atoms with Gasteiger partial charge in [-0.1, -0.05) is 48.9 Å². The predicted molar refractivity (Wildman–Crippen MR) is 97.4 cm³/mol. The van der Waals surface area contributed by atoms with E-state index in [-0.39, 0.29) is 11.8 Å². The lowest BCUT2D eigenvalue weighted by atomic mass is 9.96. The molecule has 0 radical (unpaired) electrons. The highest BCUT2D eigenvalue weighted by molar-refractivity contribution is 5.70. The van der Waals surface area contributed by atoms with Gasteiger partial charge in [-0.2, -0.15) is 0 Å². The van der Waals surface area contributed by atoms with Crippen LogP contribution in [0.5, 0.6) is 5.75 Å². The summed E-state index contributed by atoms with van der Waals surface area (Å²) in [4.78, 5) is 11.2. The SMILES string of the molecule is O=C(O)C1CCCC1CNCc1ccc(OCc2ccccc2)cc1. The average molecular weight is 339 g/mol. The van der Waals surface area contributed by atoms with E-state index < -0.39 is 5.97 Å². The zero-order valence-corrected chi connectivity index (χ0v) is 14.4. The van der Waals surface area contributed by atoms with Crippen LogP contribution < -0.4 is 10.1 Å². The molecule has 4 nitrogen and oxygen atoms in total. The van der Waals surface area contributed by atoms with Crippen molar-refractivity contribution in [3.05, 3.63) is 65.7 Å². The molecule has 2 unspecified atom stereocenters. The first-order valence-electron chi connectivity index (χ1n) is 8.91. The summed E-state index contributed by atoms with van der Waals surface area (Å²) >= 11 is 0. The fourth-order valence-corrected chi connectivity index (χ4v) is 3.45. The van der Waals surface area contributed by atoms with Crippen molar-refractivity contribution in [3.8, 4) is 5.75 Å². The fourth-order valence-electron chi connectivity index (χ4n) is 3.45. The quantitative estimate of drug-likeness (QED) is 0.767. The Bertz CT molecular complexity index is 669. The van der Waals surface area contributed by atoms with Crippen LogP contribution in [0.4, 0.5) is 0 Å². The summed E-state index contributed by atoms with van der Waals surface area (Å²) in [7, 11) is 0. The molecule has 0 heterocycles. The Balaban J connectivity index is 1.42. The molecule has 3 rings (SSSR count). The van der Waals surface area contributed by atoms with Crippen molar-refractivity contribution in [1.82, 2.24) is 5.32 Å². The van der Waals surface area contributed by atoms with Gasteiger partial charge >= 0.3 is 5.97 Å². The van der Waals surface area contributed by atoms with Crippen LogP contribution in [0.1, 0.15) is 30.4 Å². The third-order valence-corrected chi connectivity index (χ3v) is 4.88. The van der Waals surface area contributed by atoms with E-state index in [1.54, 1.807) is 0 Å². The van der Waals surface area contributed by atoms with Crippen LogP contribution in [0, 0.1) is 11.8 Å². The fraction of sp³-hybridized carbons (Fsp3) is 0.381. The van der Waals surface area contributed by atoms with Gasteiger partial charge in [0, 0.05) is 6.54 Å². The number of carboxylic acid groups (broad SMARTS) is 1. The molecule has 0 amide bonds. The molecule has 132 valence electrons. The molecule has 2 aromatic rings. The molecular weight excluding hydrogens is 314 g/mol. The van der Waals surface area contributed by atoms with Crippen molar-refractivity contribution >= 4 is 5.97 Å². The van der Waals surface area contributed by atoms with Crippen LogP contribution in [0.2, 0.25) is 0 Å². The molecule has 1 saturated carbocycles. The van der Waals surface area contributed by atoms with Crippen molar-refractivity contribution in [2.45, 2.75) is 32.4 Å². The molecule has 2 atom stereocenters. The maximum absolute atomic E-state index is 11.2. The first-order valence-corrected chi connectivity index (χ1v) is 8.91. The van der Waals surface area contributed by atoms with E-state index in [1.807, 2.05) is 42.5 Å². The largest absolute Gasteiger partial charge is 0.489 e.